The summed E-state index contributed by atoms with van der Waals surface area (Å²) in [5, 5.41) is 13.5. The van der Waals surface area contributed by atoms with Crippen LogP contribution < -0.4 is 4.90 Å². The van der Waals surface area contributed by atoms with Crippen LogP contribution in [0.1, 0.15) is 18.9 Å². The zero-order valence-corrected chi connectivity index (χ0v) is 14.3. The molecule has 3 aromatic rings. The number of tetrazole rings is 1. The summed E-state index contributed by atoms with van der Waals surface area (Å²) >= 11 is 6.21. The molecule has 1 aliphatic heterocycles. The van der Waals surface area contributed by atoms with Crippen LogP contribution in [-0.2, 0) is 0 Å². The number of rotatable bonds is 3. The third-order valence-corrected chi connectivity index (χ3v) is 4.77. The second kappa shape index (κ2) is 6.80. The average Bonchev–Trinajstić information content (AvgIpc) is 3.12. The molecule has 5 nitrogen and oxygen atoms in total. The Bertz CT molecular complexity index is 881. The number of aromatic nitrogens is 4. The number of hydrogen-bond donors (Lipinski definition) is 0. The van der Waals surface area contributed by atoms with E-state index in [4.69, 9.17) is 11.6 Å². The molecule has 0 spiro atoms. The van der Waals surface area contributed by atoms with Gasteiger partial charge < -0.3 is 4.90 Å². The van der Waals surface area contributed by atoms with Crippen LogP contribution in [0, 0.1) is 5.82 Å². The summed E-state index contributed by atoms with van der Waals surface area (Å²) in [4.78, 5) is 3.82. The fourth-order valence-corrected chi connectivity index (χ4v) is 3.40. The minimum atomic E-state index is -0.223. The molecule has 25 heavy (non-hydrogen) atoms. The lowest BCUT2D eigenvalue weighted by atomic mass is 10.1. The van der Waals surface area contributed by atoms with Gasteiger partial charge >= 0.3 is 0 Å². The first-order chi connectivity index (χ1) is 12.2. The number of benzene rings is 2. The highest BCUT2D eigenvalue weighted by atomic mass is 35.5. The number of piperidine rings is 1. The van der Waals surface area contributed by atoms with Crippen molar-refractivity contribution < 1.29 is 4.39 Å². The zero-order chi connectivity index (χ0) is 17.2. The zero-order valence-electron chi connectivity index (χ0n) is 13.5. The maximum Gasteiger partial charge on any atom is 0.206 e. The van der Waals surface area contributed by atoms with E-state index in [1.807, 2.05) is 30.3 Å². The van der Waals surface area contributed by atoms with Gasteiger partial charge in [0.15, 0.2) is 0 Å². The SMILES string of the molecule is Fc1cccc(N2CCC[C@H](n3nnc(-c4ccccc4Cl)n3)C2)c1. The molecular weight excluding hydrogens is 341 g/mol. The lowest BCUT2D eigenvalue weighted by Gasteiger charge is -2.33. The Morgan fingerprint density at radius 2 is 2.00 bits per heavy atom. The summed E-state index contributed by atoms with van der Waals surface area (Å²) in [5.74, 6) is 0.299. The van der Waals surface area contributed by atoms with Gasteiger partial charge in [0.2, 0.25) is 5.82 Å². The van der Waals surface area contributed by atoms with Crippen molar-refractivity contribution >= 4 is 17.3 Å². The van der Waals surface area contributed by atoms with Gasteiger partial charge in [-0.3, -0.25) is 0 Å². The first kappa shape index (κ1) is 16.0. The maximum absolute atomic E-state index is 13.5. The number of nitrogens with zero attached hydrogens (tertiary/aromatic N) is 5. The van der Waals surface area contributed by atoms with E-state index in [1.54, 1.807) is 16.9 Å². The molecule has 0 radical (unpaired) electrons. The van der Waals surface area contributed by atoms with Crippen LogP contribution in [0.2, 0.25) is 5.02 Å². The van der Waals surface area contributed by atoms with Crippen LogP contribution in [0.25, 0.3) is 11.4 Å². The molecule has 1 saturated heterocycles. The highest BCUT2D eigenvalue weighted by molar-refractivity contribution is 6.33. The number of halogens is 2. The van der Waals surface area contributed by atoms with Crippen LogP contribution >= 0.6 is 11.6 Å². The summed E-state index contributed by atoms with van der Waals surface area (Å²) in [6.45, 7) is 1.62. The van der Waals surface area contributed by atoms with Gasteiger partial charge in [-0.25, -0.2) is 4.39 Å². The molecule has 0 saturated carbocycles. The number of anilines is 1. The molecule has 1 fully saturated rings. The van der Waals surface area contributed by atoms with E-state index in [0.717, 1.165) is 37.2 Å². The smallest absolute Gasteiger partial charge is 0.206 e. The Kier molecular flexibility index (Phi) is 4.36. The topological polar surface area (TPSA) is 46.8 Å². The van der Waals surface area contributed by atoms with E-state index in [9.17, 15) is 4.39 Å². The maximum atomic E-state index is 13.5. The molecular formula is C18H17ClFN5. The van der Waals surface area contributed by atoms with Crippen molar-refractivity contribution in [3.05, 3.63) is 59.4 Å². The Labute approximate surface area is 150 Å². The standard InChI is InChI=1S/C18H17ClFN5/c19-17-9-2-1-8-16(17)18-21-23-25(22-18)15-7-4-10-24(12-15)14-6-3-5-13(20)11-14/h1-3,5-6,8-9,11,15H,4,7,10,12H2/t15-/m0/s1. The van der Waals surface area contributed by atoms with Crippen LogP contribution in [-0.4, -0.2) is 33.3 Å². The van der Waals surface area contributed by atoms with Gasteiger partial charge in [0.05, 0.1) is 11.1 Å². The summed E-state index contributed by atoms with van der Waals surface area (Å²) in [7, 11) is 0. The summed E-state index contributed by atoms with van der Waals surface area (Å²) in [6.07, 6.45) is 1.95. The lowest BCUT2D eigenvalue weighted by Crippen LogP contribution is -2.37. The van der Waals surface area contributed by atoms with E-state index >= 15 is 0 Å². The second-order valence-electron chi connectivity index (χ2n) is 6.14. The summed E-state index contributed by atoms with van der Waals surface area (Å²) in [6, 6.07) is 14.2. The van der Waals surface area contributed by atoms with Crippen molar-refractivity contribution in [2.75, 3.05) is 18.0 Å². The van der Waals surface area contributed by atoms with Crippen LogP contribution in [0.3, 0.4) is 0 Å². The molecule has 4 rings (SSSR count). The molecule has 2 aromatic carbocycles. The minimum Gasteiger partial charge on any atom is -0.369 e. The predicted molar refractivity (Wildman–Crippen MR) is 95.1 cm³/mol. The van der Waals surface area contributed by atoms with Crippen LogP contribution in [0.4, 0.5) is 10.1 Å². The van der Waals surface area contributed by atoms with E-state index in [1.165, 1.54) is 6.07 Å². The Hall–Kier alpha value is -2.47. The van der Waals surface area contributed by atoms with E-state index in [2.05, 4.69) is 20.3 Å². The van der Waals surface area contributed by atoms with Crippen molar-refractivity contribution in [1.82, 2.24) is 20.2 Å². The number of hydrogen-bond acceptors (Lipinski definition) is 4. The molecule has 1 aromatic heterocycles. The highest BCUT2D eigenvalue weighted by Gasteiger charge is 2.24. The minimum absolute atomic E-state index is 0.0979. The molecule has 128 valence electrons. The van der Waals surface area contributed by atoms with Crippen LogP contribution in [0.15, 0.2) is 48.5 Å². The first-order valence-corrected chi connectivity index (χ1v) is 8.63. The molecule has 2 heterocycles. The highest BCUT2D eigenvalue weighted by Crippen LogP contribution is 2.27. The van der Waals surface area contributed by atoms with Crippen molar-refractivity contribution in [1.29, 1.82) is 0 Å². The molecule has 0 aliphatic carbocycles. The molecule has 0 amide bonds. The fourth-order valence-electron chi connectivity index (χ4n) is 3.18. The molecule has 0 N–H and O–H groups in total. The summed E-state index contributed by atoms with van der Waals surface area (Å²) < 4.78 is 13.5. The van der Waals surface area contributed by atoms with Crippen molar-refractivity contribution in [2.24, 2.45) is 0 Å². The summed E-state index contributed by atoms with van der Waals surface area (Å²) in [5.41, 5.74) is 1.66. The normalized spacial score (nSPS) is 17.7. The van der Waals surface area contributed by atoms with Gasteiger partial charge in [-0.15, -0.1) is 10.2 Å². The van der Waals surface area contributed by atoms with Gasteiger partial charge in [0.1, 0.15) is 5.82 Å². The Balaban J connectivity index is 1.55. The van der Waals surface area contributed by atoms with E-state index in [0.29, 0.717) is 10.8 Å². The third kappa shape index (κ3) is 3.35. The van der Waals surface area contributed by atoms with Crippen molar-refractivity contribution in [2.45, 2.75) is 18.9 Å². The molecule has 7 heteroatoms. The first-order valence-electron chi connectivity index (χ1n) is 8.25. The lowest BCUT2D eigenvalue weighted by molar-refractivity contribution is 0.337. The fraction of sp³-hybridized carbons (Fsp3) is 0.278. The predicted octanol–water partition coefficient (Wildman–Crippen LogP) is 3.97. The van der Waals surface area contributed by atoms with Crippen molar-refractivity contribution in [3.63, 3.8) is 0 Å². The van der Waals surface area contributed by atoms with E-state index in [-0.39, 0.29) is 11.9 Å². The molecule has 1 aliphatic rings. The largest absolute Gasteiger partial charge is 0.369 e. The monoisotopic (exact) mass is 357 g/mol. The van der Waals surface area contributed by atoms with Gasteiger partial charge in [-0.1, -0.05) is 29.8 Å². The molecule has 0 bridgehead atoms. The third-order valence-electron chi connectivity index (χ3n) is 4.44. The van der Waals surface area contributed by atoms with Crippen LogP contribution in [0.5, 0.6) is 0 Å². The van der Waals surface area contributed by atoms with E-state index < -0.39 is 0 Å². The van der Waals surface area contributed by atoms with Gasteiger partial charge in [0.25, 0.3) is 0 Å². The second-order valence-corrected chi connectivity index (χ2v) is 6.54. The van der Waals surface area contributed by atoms with Gasteiger partial charge in [0, 0.05) is 24.3 Å². The average molecular weight is 358 g/mol. The Morgan fingerprint density at radius 3 is 2.84 bits per heavy atom. The van der Waals surface area contributed by atoms with Gasteiger partial charge in [-0.2, -0.15) is 4.80 Å². The molecule has 0 unspecified atom stereocenters. The van der Waals surface area contributed by atoms with Crippen molar-refractivity contribution in [3.8, 4) is 11.4 Å². The quantitative estimate of drug-likeness (QED) is 0.711. The van der Waals surface area contributed by atoms with Gasteiger partial charge in [-0.05, 0) is 48.4 Å². The molecule has 1 atom stereocenters. The Morgan fingerprint density at radius 1 is 1.12 bits per heavy atom.